The SMILES string of the molecule is CCC(/C=N/NC(=O)CNc1ccccc1)CC. The van der Waals surface area contributed by atoms with E-state index >= 15 is 0 Å². The van der Waals surface area contributed by atoms with E-state index < -0.39 is 0 Å². The Bertz CT molecular complexity index is 372. The average molecular weight is 247 g/mol. The normalized spacial score (nSPS) is 10.8. The summed E-state index contributed by atoms with van der Waals surface area (Å²) in [4.78, 5) is 11.5. The van der Waals surface area contributed by atoms with Crippen LogP contribution in [0.25, 0.3) is 0 Å². The molecule has 1 amide bonds. The molecule has 0 atom stereocenters. The van der Waals surface area contributed by atoms with Gasteiger partial charge in [-0.25, -0.2) is 5.43 Å². The number of nitrogens with zero attached hydrogens (tertiary/aromatic N) is 1. The molecule has 1 aromatic carbocycles. The van der Waals surface area contributed by atoms with E-state index in [1.165, 1.54) is 0 Å². The van der Waals surface area contributed by atoms with Crippen molar-refractivity contribution in [3.8, 4) is 0 Å². The minimum Gasteiger partial charge on any atom is -0.376 e. The summed E-state index contributed by atoms with van der Waals surface area (Å²) in [5, 5.41) is 6.99. The van der Waals surface area contributed by atoms with Gasteiger partial charge in [0.25, 0.3) is 5.91 Å². The summed E-state index contributed by atoms with van der Waals surface area (Å²) in [6.07, 6.45) is 3.89. The molecule has 0 spiro atoms. The predicted molar refractivity (Wildman–Crippen MR) is 75.6 cm³/mol. The second-order valence-electron chi connectivity index (χ2n) is 4.11. The van der Waals surface area contributed by atoms with E-state index in [1.54, 1.807) is 6.21 Å². The van der Waals surface area contributed by atoms with Gasteiger partial charge in [-0.1, -0.05) is 32.0 Å². The van der Waals surface area contributed by atoms with Crippen LogP contribution in [0.15, 0.2) is 35.4 Å². The number of nitrogens with one attached hydrogen (secondary N) is 2. The molecule has 0 aliphatic carbocycles. The number of para-hydroxylation sites is 1. The van der Waals surface area contributed by atoms with Crippen LogP contribution in [-0.2, 0) is 4.79 Å². The summed E-state index contributed by atoms with van der Waals surface area (Å²) in [6.45, 7) is 4.45. The van der Waals surface area contributed by atoms with Gasteiger partial charge in [-0.05, 0) is 30.9 Å². The number of rotatable bonds is 7. The van der Waals surface area contributed by atoms with Crippen molar-refractivity contribution in [3.63, 3.8) is 0 Å². The van der Waals surface area contributed by atoms with Gasteiger partial charge in [0.05, 0.1) is 6.54 Å². The summed E-state index contributed by atoms with van der Waals surface area (Å²) in [5.41, 5.74) is 3.45. The van der Waals surface area contributed by atoms with Crippen LogP contribution in [0.3, 0.4) is 0 Å². The highest BCUT2D eigenvalue weighted by atomic mass is 16.2. The average Bonchev–Trinajstić information content (AvgIpc) is 2.42. The first-order chi connectivity index (χ1) is 8.76. The van der Waals surface area contributed by atoms with Crippen molar-refractivity contribution in [2.45, 2.75) is 26.7 Å². The molecule has 2 N–H and O–H groups in total. The highest BCUT2D eigenvalue weighted by Gasteiger charge is 2.00. The molecule has 4 nitrogen and oxygen atoms in total. The Hall–Kier alpha value is -1.84. The minimum atomic E-state index is -0.138. The van der Waals surface area contributed by atoms with Crippen molar-refractivity contribution in [1.82, 2.24) is 5.43 Å². The molecule has 0 aromatic heterocycles. The molecular weight excluding hydrogens is 226 g/mol. The summed E-state index contributed by atoms with van der Waals surface area (Å²) in [5.74, 6) is 0.299. The van der Waals surface area contributed by atoms with Crippen LogP contribution in [0, 0.1) is 5.92 Å². The molecule has 98 valence electrons. The number of anilines is 1. The van der Waals surface area contributed by atoms with Crippen LogP contribution in [0.2, 0.25) is 0 Å². The lowest BCUT2D eigenvalue weighted by molar-refractivity contribution is -0.119. The van der Waals surface area contributed by atoms with Crippen LogP contribution in [0.1, 0.15) is 26.7 Å². The smallest absolute Gasteiger partial charge is 0.259 e. The monoisotopic (exact) mass is 247 g/mol. The van der Waals surface area contributed by atoms with E-state index in [9.17, 15) is 4.79 Å². The molecule has 0 aliphatic heterocycles. The maximum Gasteiger partial charge on any atom is 0.259 e. The summed E-state index contributed by atoms with van der Waals surface area (Å²) in [7, 11) is 0. The van der Waals surface area contributed by atoms with Crippen LogP contribution in [0.4, 0.5) is 5.69 Å². The van der Waals surface area contributed by atoms with E-state index in [0.29, 0.717) is 5.92 Å². The van der Waals surface area contributed by atoms with Crippen molar-refractivity contribution >= 4 is 17.8 Å². The molecule has 0 unspecified atom stereocenters. The lowest BCUT2D eigenvalue weighted by Gasteiger charge is -2.06. The second-order valence-corrected chi connectivity index (χ2v) is 4.11. The van der Waals surface area contributed by atoms with Gasteiger partial charge in [-0.2, -0.15) is 5.10 Å². The van der Waals surface area contributed by atoms with Crippen LogP contribution in [0.5, 0.6) is 0 Å². The maximum atomic E-state index is 11.5. The first-order valence-corrected chi connectivity index (χ1v) is 6.37. The van der Waals surface area contributed by atoms with Gasteiger partial charge in [0.2, 0.25) is 0 Å². The maximum absolute atomic E-state index is 11.5. The minimum absolute atomic E-state index is 0.138. The summed E-state index contributed by atoms with van der Waals surface area (Å²) >= 11 is 0. The zero-order chi connectivity index (χ0) is 13.2. The number of benzene rings is 1. The Morgan fingerprint density at radius 1 is 1.28 bits per heavy atom. The third-order valence-electron chi connectivity index (χ3n) is 2.75. The van der Waals surface area contributed by atoms with E-state index in [1.807, 2.05) is 30.3 Å². The zero-order valence-electron chi connectivity index (χ0n) is 11.0. The van der Waals surface area contributed by atoms with Gasteiger partial charge < -0.3 is 5.32 Å². The van der Waals surface area contributed by atoms with Crippen LogP contribution >= 0.6 is 0 Å². The first-order valence-electron chi connectivity index (χ1n) is 6.37. The van der Waals surface area contributed by atoms with Gasteiger partial charge >= 0.3 is 0 Å². The zero-order valence-corrected chi connectivity index (χ0v) is 11.0. The van der Waals surface area contributed by atoms with Crippen LogP contribution < -0.4 is 10.7 Å². The summed E-state index contributed by atoms with van der Waals surface area (Å²) < 4.78 is 0. The first kappa shape index (κ1) is 14.2. The van der Waals surface area contributed by atoms with Crippen molar-refractivity contribution < 1.29 is 4.79 Å². The van der Waals surface area contributed by atoms with Gasteiger partial charge in [0, 0.05) is 11.9 Å². The number of amides is 1. The standard InChI is InChI=1S/C14H21N3O/c1-3-12(4-2)10-16-17-14(18)11-15-13-8-6-5-7-9-13/h5-10,12,15H,3-4,11H2,1-2H3,(H,17,18)/b16-10+. The molecule has 0 saturated carbocycles. The lowest BCUT2D eigenvalue weighted by Crippen LogP contribution is -2.26. The Balaban J connectivity index is 2.26. The highest BCUT2D eigenvalue weighted by Crippen LogP contribution is 2.04. The second kappa shape index (κ2) is 8.28. The van der Waals surface area contributed by atoms with Crippen molar-refractivity contribution in [1.29, 1.82) is 0 Å². The number of hydrogen-bond donors (Lipinski definition) is 2. The number of hydrogen-bond acceptors (Lipinski definition) is 3. The Labute approximate surface area is 108 Å². The molecule has 1 rings (SSSR count). The van der Waals surface area contributed by atoms with Gasteiger partial charge in [-0.3, -0.25) is 4.79 Å². The third kappa shape index (κ3) is 5.48. The molecule has 0 fully saturated rings. The molecule has 0 saturated heterocycles. The summed E-state index contributed by atoms with van der Waals surface area (Å²) in [6, 6.07) is 9.61. The number of carbonyl (C=O) groups is 1. The number of hydrazone groups is 1. The van der Waals surface area contributed by atoms with Crippen molar-refractivity contribution in [3.05, 3.63) is 30.3 Å². The quantitative estimate of drug-likeness (QED) is 0.575. The van der Waals surface area contributed by atoms with Crippen LogP contribution in [-0.4, -0.2) is 18.7 Å². The fraction of sp³-hybridized carbons (Fsp3) is 0.429. The molecule has 4 heteroatoms. The predicted octanol–water partition coefficient (Wildman–Crippen LogP) is 2.64. The van der Waals surface area contributed by atoms with E-state index in [4.69, 9.17) is 0 Å². The molecule has 1 aromatic rings. The number of carbonyl (C=O) groups excluding carboxylic acids is 1. The highest BCUT2D eigenvalue weighted by molar-refractivity contribution is 5.81. The fourth-order valence-corrected chi connectivity index (χ4v) is 1.49. The largest absolute Gasteiger partial charge is 0.376 e. The fourth-order valence-electron chi connectivity index (χ4n) is 1.49. The van der Waals surface area contributed by atoms with Crippen molar-refractivity contribution in [2.75, 3.05) is 11.9 Å². The third-order valence-corrected chi connectivity index (χ3v) is 2.75. The molecule has 0 aliphatic rings. The van der Waals surface area contributed by atoms with Gasteiger partial charge in [0.15, 0.2) is 0 Å². The Morgan fingerprint density at radius 2 is 1.94 bits per heavy atom. The molecule has 0 heterocycles. The Morgan fingerprint density at radius 3 is 2.56 bits per heavy atom. The van der Waals surface area contributed by atoms with Crippen molar-refractivity contribution in [2.24, 2.45) is 11.0 Å². The molecule has 0 radical (unpaired) electrons. The molecule has 18 heavy (non-hydrogen) atoms. The lowest BCUT2D eigenvalue weighted by atomic mass is 10.1. The topological polar surface area (TPSA) is 53.5 Å². The van der Waals surface area contributed by atoms with Gasteiger partial charge in [0.1, 0.15) is 0 Å². The van der Waals surface area contributed by atoms with E-state index in [-0.39, 0.29) is 12.5 Å². The molecule has 0 bridgehead atoms. The molecular formula is C14H21N3O. The van der Waals surface area contributed by atoms with Gasteiger partial charge in [-0.15, -0.1) is 0 Å². The Kier molecular flexibility index (Phi) is 6.54. The van der Waals surface area contributed by atoms with E-state index in [0.717, 1.165) is 18.5 Å². The van der Waals surface area contributed by atoms with E-state index in [2.05, 4.69) is 29.7 Å².